The third-order valence-electron chi connectivity index (χ3n) is 4.71. The highest BCUT2D eigenvalue weighted by Gasteiger charge is 2.29. The smallest absolute Gasteiger partial charge is 0.222 e. The molecule has 1 aromatic rings. The molecular weight excluding hydrogens is 264 g/mol. The Balaban J connectivity index is 1.51. The number of carbonyl (C=O) groups is 1. The van der Waals surface area contributed by atoms with Crippen molar-refractivity contribution in [2.45, 2.75) is 52.2 Å². The second-order valence-electron chi connectivity index (χ2n) is 6.76. The number of hydrogen-bond donors (Lipinski definition) is 0. The fourth-order valence-electron chi connectivity index (χ4n) is 3.47. The molecule has 0 radical (unpaired) electrons. The van der Waals surface area contributed by atoms with Gasteiger partial charge in [0.15, 0.2) is 0 Å². The largest absolute Gasteiger partial charge is 0.343 e. The van der Waals surface area contributed by atoms with Crippen molar-refractivity contribution in [2.75, 3.05) is 19.6 Å². The van der Waals surface area contributed by atoms with Gasteiger partial charge < -0.3 is 9.47 Å². The van der Waals surface area contributed by atoms with Crippen LogP contribution in [-0.4, -0.2) is 50.9 Å². The van der Waals surface area contributed by atoms with Crippen molar-refractivity contribution in [3.63, 3.8) is 0 Å². The van der Waals surface area contributed by atoms with Crippen LogP contribution in [0.2, 0.25) is 0 Å². The zero-order valence-corrected chi connectivity index (χ0v) is 13.2. The highest BCUT2D eigenvalue weighted by molar-refractivity contribution is 5.76. The maximum absolute atomic E-state index is 12.1. The molecular formula is C16H26N4O. The summed E-state index contributed by atoms with van der Waals surface area (Å²) in [4.78, 5) is 21.0. The SMILES string of the molecule is CC(C)CC(=O)N1CCC(N2CCn3cncc3C2)CC1. The van der Waals surface area contributed by atoms with Crippen molar-refractivity contribution in [3.05, 3.63) is 18.2 Å². The molecule has 1 amide bonds. The predicted octanol–water partition coefficient (Wildman–Crippen LogP) is 1.74. The fraction of sp³-hybridized carbons (Fsp3) is 0.750. The van der Waals surface area contributed by atoms with Crippen LogP contribution in [0.15, 0.2) is 12.5 Å². The lowest BCUT2D eigenvalue weighted by Gasteiger charge is -2.40. The number of fused-ring (bicyclic) bond motifs is 1. The standard InChI is InChI=1S/C16H26N4O/c1-13(2)9-16(21)18-5-3-14(4-6-18)19-7-8-20-12-17-10-15(20)11-19/h10,12-14H,3-9,11H2,1-2H3. The first-order valence-electron chi connectivity index (χ1n) is 8.14. The Morgan fingerprint density at radius 3 is 2.76 bits per heavy atom. The predicted molar refractivity (Wildman–Crippen MR) is 81.7 cm³/mol. The van der Waals surface area contributed by atoms with Crippen molar-refractivity contribution in [1.82, 2.24) is 19.4 Å². The van der Waals surface area contributed by atoms with Gasteiger partial charge >= 0.3 is 0 Å². The van der Waals surface area contributed by atoms with E-state index in [0.29, 0.717) is 24.3 Å². The zero-order chi connectivity index (χ0) is 14.8. The van der Waals surface area contributed by atoms with Gasteiger partial charge in [0, 0.05) is 51.4 Å². The van der Waals surface area contributed by atoms with E-state index in [2.05, 4.69) is 33.2 Å². The maximum Gasteiger partial charge on any atom is 0.222 e. The average molecular weight is 290 g/mol. The molecule has 5 nitrogen and oxygen atoms in total. The Bertz CT molecular complexity index is 488. The van der Waals surface area contributed by atoms with Gasteiger partial charge in [0.2, 0.25) is 5.91 Å². The number of amides is 1. The molecule has 0 unspecified atom stereocenters. The molecule has 0 saturated carbocycles. The van der Waals surface area contributed by atoms with Crippen LogP contribution in [0.25, 0.3) is 0 Å². The molecule has 116 valence electrons. The van der Waals surface area contributed by atoms with Crippen LogP contribution >= 0.6 is 0 Å². The van der Waals surface area contributed by atoms with Crippen LogP contribution in [0.1, 0.15) is 38.8 Å². The number of piperidine rings is 1. The first-order chi connectivity index (χ1) is 10.1. The quantitative estimate of drug-likeness (QED) is 0.851. The van der Waals surface area contributed by atoms with E-state index >= 15 is 0 Å². The molecule has 0 atom stereocenters. The number of aromatic nitrogens is 2. The van der Waals surface area contributed by atoms with Gasteiger partial charge in [-0.25, -0.2) is 4.98 Å². The summed E-state index contributed by atoms with van der Waals surface area (Å²) in [5.74, 6) is 0.790. The highest BCUT2D eigenvalue weighted by atomic mass is 16.2. The summed E-state index contributed by atoms with van der Waals surface area (Å²) in [6.45, 7) is 9.22. The van der Waals surface area contributed by atoms with Gasteiger partial charge in [0.05, 0.1) is 12.0 Å². The molecule has 5 heteroatoms. The minimum Gasteiger partial charge on any atom is -0.343 e. The first-order valence-corrected chi connectivity index (χ1v) is 8.14. The van der Waals surface area contributed by atoms with Gasteiger partial charge in [-0.3, -0.25) is 9.69 Å². The molecule has 0 aromatic carbocycles. The molecule has 1 saturated heterocycles. The third kappa shape index (κ3) is 3.28. The van der Waals surface area contributed by atoms with E-state index in [4.69, 9.17) is 0 Å². The molecule has 3 heterocycles. The molecule has 1 fully saturated rings. The van der Waals surface area contributed by atoms with Gasteiger partial charge in [-0.05, 0) is 18.8 Å². The van der Waals surface area contributed by atoms with Crippen LogP contribution in [-0.2, 0) is 17.9 Å². The van der Waals surface area contributed by atoms with E-state index in [1.165, 1.54) is 5.69 Å². The van der Waals surface area contributed by atoms with Gasteiger partial charge in [0.25, 0.3) is 0 Å². The van der Waals surface area contributed by atoms with E-state index in [1.807, 2.05) is 12.5 Å². The lowest BCUT2D eigenvalue weighted by molar-refractivity contribution is -0.133. The van der Waals surface area contributed by atoms with Crippen molar-refractivity contribution in [3.8, 4) is 0 Å². The van der Waals surface area contributed by atoms with Crippen LogP contribution in [0, 0.1) is 5.92 Å². The van der Waals surface area contributed by atoms with Crippen LogP contribution in [0.5, 0.6) is 0 Å². The van der Waals surface area contributed by atoms with Crippen molar-refractivity contribution >= 4 is 5.91 Å². The minimum atomic E-state index is 0.333. The summed E-state index contributed by atoms with van der Waals surface area (Å²) >= 11 is 0. The number of imidazole rings is 1. The highest BCUT2D eigenvalue weighted by Crippen LogP contribution is 2.22. The number of likely N-dealkylation sites (tertiary alicyclic amines) is 1. The monoisotopic (exact) mass is 290 g/mol. The first kappa shape index (κ1) is 14.6. The van der Waals surface area contributed by atoms with Crippen LogP contribution in [0.3, 0.4) is 0 Å². The van der Waals surface area contributed by atoms with E-state index < -0.39 is 0 Å². The summed E-state index contributed by atoms with van der Waals surface area (Å²) < 4.78 is 2.25. The molecule has 3 rings (SSSR count). The Morgan fingerprint density at radius 1 is 1.29 bits per heavy atom. The lowest BCUT2D eigenvalue weighted by Crippen LogP contribution is -2.48. The summed E-state index contributed by atoms with van der Waals surface area (Å²) in [6.07, 6.45) is 6.82. The van der Waals surface area contributed by atoms with Crippen molar-refractivity contribution in [2.24, 2.45) is 5.92 Å². The minimum absolute atomic E-state index is 0.333. The zero-order valence-electron chi connectivity index (χ0n) is 13.2. The topological polar surface area (TPSA) is 41.4 Å². The fourth-order valence-corrected chi connectivity index (χ4v) is 3.47. The third-order valence-corrected chi connectivity index (χ3v) is 4.71. The molecule has 0 bridgehead atoms. The van der Waals surface area contributed by atoms with Gasteiger partial charge in [0.1, 0.15) is 0 Å². The van der Waals surface area contributed by atoms with E-state index in [-0.39, 0.29) is 0 Å². The average Bonchev–Trinajstić information content (AvgIpc) is 2.94. The van der Waals surface area contributed by atoms with Gasteiger partial charge in [-0.2, -0.15) is 0 Å². The molecule has 0 spiro atoms. The summed E-state index contributed by atoms with van der Waals surface area (Å²) in [6, 6.07) is 0.622. The molecule has 0 aliphatic carbocycles. The van der Waals surface area contributed by atoms with Crippen molar-refractivity contribution in [1.29, 1.82) is 0 Å². The number of rotatable bonds is 3. The Hall–Kier alpha value is -1.36. The molecule has 2 aliphatic rings. The Kier molecular flexibility index (Phi) is 4.29. The second kappa shape index (κ2) is 6.18. The number of nitrogens with zero attached hydrogens (tertiary/aromatic N) is 4. The second-order valence-corrected chi connectivity index (χ2v) is 6.76. The van der Waals surface area contributed by atoms with Crippen LogP contribution < -0.4 is 0 Å². The maximum atomic E-state index is 12.1. The Morgan fingerprint density at radius 2 is 2.05 bits per heavy atom. The molecule has 21 heavy (non-hydrogen) atoms. The van der Waals surface area contributed by atoms with Gasteiger partial charge in [-0.15, -0.1) is 0 Å². The summed E-state index contributed by atoms with van der Waals surface area (Å²) in [5, 5.41) is 0. The van der Waals surface area contributed by atoms with E-state index in [9.17, 15) is 4.79 Å². The van der Waals surface area contributed by atoms with Crippen molar-refractivity contribution < 1.29 is 4.79 Å². The molecule has 0 N–H and O–H groups in total. The summed E-state index contributed by atoms with van der Waals surface area (Å²) in [7, 11) is 0. The van der Waals surface area contributed by atoms with Gasteiger partial charge in [-0.1, -0.05) is 13.8 Å². The number of carbonyl (C=O) groups excluding carboxylic acids is 1. The number of hydrogen-bond acceptors (Lipinski definition) is 3. The summed E-state index contributed by atoms with van der Waals surface area (Å²) in [5.41, 5.74) is 1.32. The molecule has 1 aromatic heterocycles. The van der Waals surface area contributed by atoms with Crippen LogP contribution in [0.4, 0.5) is 0 Å². The normalized spacial score (nSPS) is 20.8. The Labute approximate surface area is 126 Å². The van der Waals surface area contributed by atoms with E-state index in [0.717, 1.165) is 45.6 Å². The molecule has 2 aliphatic heterocycles. The van der Waals surface area contributed by atoms with E-state index in [1.54, 1.807) is 0 Å². The lowest BCUT2D eigenvalue weighted by atomic mass is 10.0.